The van der Waals surface area contributed by atoms with Gasteiger partial charge in [-0.3, -0.25) is 4.79 Å². The standard InChI is InChI=1S/C13H17BrN2O/c1-9(16-12(17)13(15)6-7-13)8-10-2-4-11(14)5-3-10/h2-5,9H,6-8,15H2,1H3,(H,16,17). The second kappa shape index (κ2) is 4.78. The van der Waals surface area contributed by atoms with Crippen LogP contribution in [0, 0.1) is 0 Å². The van der Waals surface area contributed by atoms with Crippen molar-refractivity contribution in [2.75, 3.05) is 0 Å². The van der Waals surface area contributed by atoms with E-state index in [4.69, 9.17) is 5.73 Å². The summed E-state index contributed by atoms with van der Waals surface area (Å²) in [5, 5.41) is 2.97. The lowest BCUT2D eigenvalue weighted by Gasteiger charge is -2.17. The first kappa shape index (κ1) is 12.6. The van der Waals surface area contributed by atoms with Crippen LogP contribution in [0.2, 0.25) is 0 Å². The fraction of sp³-hybridized carbons (Fsp3) is 0.462. The van der Waals surface area contributed by atoms with E-state index in [2.05, 4.69) is 33.4 Å². The van der Waals surface area contributed by atoms with Crippen molar-refractivity contribution >= 4 is 21.8 Å². The molecule has 2 rings (SSSR count). The van der Waals surface area contributed by atoms with E-state index >= 15 is 0 Å². The van der Waals surface area contributed by atoms with E-state index in [-0.39, 0.29) is 11.9 Å². The minimum absolute atomic E-state index is 0.0119. The predicted molar refractivity (Wildman–Crippen MR) is 71.6 cm³/mol. The van der Waals surface area contributed by atoms with Crippen LogP contribution in [0.3, 0.4) is 0 Å². The lowest BCUT2D eigenvalue weighted by molar-refractivity contribution is -0.123. The van der Waals surface area contributed by atoms with E-state index < -0.39 is 5.54 Å². The molecule has 17 heavy (non-hydrogen) atoms. The van der Waals surface area contributed by atoms with E-state index in [0.29, 0.717) is 0 Å². The summed E-state index contributed by atoms with van der Waals surface area (Å²) in [6, 6.07) is 8.25. The molecule has 1 saturated carbocycles. The van der Waals surface area contributed by atoms with Crippen molar-refractivity contribution in [2.24, 2.45) is 5.73 Å². The molecule has 0 aliphatic heterocycles. The molecule has 0 spiro atoms. The Labute approximate surface area is 110 Å². The van der Waals surface area contributed by atoms with Crippen LogP contribution >= 0.6 is 15.9 Å². The van der Waals surface area contributed by atoms with Gasteiger partial charge in [-0.25, -0.2) is 0 Å². The Balaban J connectivity index is 1.86. The maximum absolute atomic E-state index is 11.7. The number of hydrogen-bond donors (Lipinski definition) is 2. The molecule has 92 valence electrons. The lowest BCUT2D eigenvalue weighted by atomic mass is 10.1. The molecule has 1 unspecified atom stereocenters. The van der Waals surface area contributed by atoms with Crippen LogP contribution in [-0.2, 0) is 11.2 Å². The summed E-state index contributed by atoms with van der Waals surface area (Å²) in [4.78, 5) is 11.7. The average molecular weight is 297 g/mol. The molecule has 3 nitrogen and oxygen atoms in total. The van der Waals surface area contributed by atoms with Crippen LogP contribution in [0.5, 0.6) is 0 Å². The first-order chi connectivity index (χ1) is 7.99. The molecule has 1 aliphatic rings. The molecule has 0 saturated heterocycles. The highest BCUT2D eigenvalue weighted by atomic mass is 79.9. The van der Waals surface area contributed by atoms with E-state index in [0.717, 1.165) is 23.7 Å². The summed E-state index contributed by atoms with van der Waals surface area (Å²) in [6.45, 7) is 2.01. The Kier molecular flexibility index (Phi) is 3.54. The fourth-order valence-electron chi connectivity index (χ4n) is 1.75. The molecule has 1 aromatic rings. The van der Waals surface area contributed by atoms with Gasteiger partial charge >= 0.3 is 0 Å². The van der Waals surface area contributed by atoms with Crippen LogP contribution < -0.4 is 11.1 Å². The summed E-state index contributed by atoms with van der Waals surface area (Å²) in [7, 11) is 0. The Hall–Kier alpha value is -0.870. The van der Waals surface area contributed by atoms with Gasteiger partial charge < -0.3 is 11.1 Å². The van der Waals surface area contributed by atoms with Crippen molar-refractivity contribution in [1.29, 1.82) is 0 Å². The highest BCUT2D eigenvalue weighted by molar-refractivity contribution is 9.10. The van der Waals surface area contributed by atoms with Gasteiger partial charge in [0.25, 0.3) is 0 Å². The molecule has 1 atom stereocenters. The van der Waals surface area contributed by atoms with Gasteiger partial charge in [-0.1, -0.05) is 28.1 Å². The van der Waals surface area contributed by atoms with Crippen LogP contribution in [0.1, 0.15) is 25.3 Å². The van der Waals surface area contributed by atoms with Crippen LogP contribution in [0.25, 0.3) is 0 Å². The number of hydrogen-bond acceptors (Lipinski definition) is 2. The number of carbonyl (C=O) groups excluding carboxylic acids is 1. The van der Waals surface area contributed by atoms with E-state index in [9.17, 15) is 4.79 Å². The summed E-state index contributed by atoms with van der Waals surface area (Å²) in [5.74, 6) is -0.0119. The van der Waals surface area contributed by atoms with Crippen molar-refractivity contribution in [3.05, 3.63) is 34.3 Å². The molecular weight excluding hydrogens is 280 g/mol. The highest BCUT2D eigenvalue weighted by Gasteiger charge is 2.46. The maximum Gasteiger partial charge on any atom is 0.240 e. The van der Waals surface area contributed by atoms with Gasteiger partial charge in [0.05, 0.1) is 5.54 Å². The van der Waals surface area contributed by atoms with E-state index in [1.807, 2.05) is 19.1 Å². The minimum Gasteiger partial charge on any atom is -0.352 e. The quantitative estimate of drug-likeness (QED) is 0.893. The third-order valence-electron chi connectivity index (χ3n) is 3.07. The summed E-state index contributed by atoms with van der Waals surface area (Å²) in [6.07, 6.45) is 2.45. The van der Waals surface area contributed by atoms with Crippen molar-refractivity contribution < 1.29 is 4.79 Å². The van der Waals surface area contributed by atoms with E-state index in [1.165, 1.54) is 5.56 Å². The zero-order valence-corrected chi connectivity index (χ0v) is 11.5. The number of nitrogens with one attached hydrogen (secondary N) is 1. The third-order valence-corrected chi connectivity index (χ3v) is 3.60. The smallest absolute Gasteiger partial charge is 0.240 e. The second-order valence-corrected chi connectivity index (χ2v) is 5.78. The number of rotatable bonds is 4. The van der Waals surface area contributed by atoms with Crippen molar-refractivity contribution in [2.45, 2.75) is 37.8 Å². The van der Waals surface area contributed by atoms with Gasteiger partial charge in [-0.15, -0.1) is 0 Å². The second-order valence-electron chi connectivity index (χ2n) is 4.86. The van der Waals surface area contributed by atoms with Gasteiger partial charge in [-0.05, 0) is 43.9 Å². The molecule has 0 bridgehead atoms. The zero-order chi connectivity index (χ0) is 12.5. The maximum atomic E-state index is 11.7. The summed E-state index contributed by atoms with van der Waals surface area (Å²) < 4.78 is 1.07. The molecule has 4 heteroatoms. The Bertz CT molecular complexity index is 412. The largest absolute Gasteiger partial charge is 0.352 e. The monoisotopic (exact) mass is 296 g/mol. The van der Waals surface area contributed by atoms with Crippen LogP contribution in [0.15, 0.2) is 28.7 Å². The molecule has 0 radical (unpaired) electrons. The van der Waals surface area contributed by atoms with Gasteiger partial charge in [0.2, 0.25) is 5.91 Å². The third kappa shape index (κ3) is 3.30. The number of nitrogens with two attached hydrogens (primary N) is 1. The molecule has 1 aliphatic carbocycles. The number of carbonyl (C=O) groups is 1. The average Bonchev–Trinajstić information content (AvgIpc) is 3.01. The van der Waals surface area contributed by atoms with Crippen molar-refractivity contribution in [3.8, 4) is 0 Å². The summed E-state index contributed by atoms with van der Waals surface area (Å²) >= 11 is 3.40. The summed E-state index contributed by atoms with van der Waals surface area (Å²) in [5.41, 5.74) is 6.47. The number of benzene rings is 1. The van der Waals surface area contributed by atoms with Gasteiger partial charge in [0.1, 0.15) is 0 Å². The Morgan fingerprint density at radius 1 is 1.47 bits per heavy atom. The molecular formula is C13H17BrN2O. The molecule has 1 aromatic carbocycles. The van der Waals surface area contributed by atoms with Crippen molar-refractivity contribution in [1.82, 2.24) is 5.32 Å². The van der Waals surface area contributed by atoms with Gasteiger partial charge in [-0.2, -0.15) is 0 Å². The molecule has 3 N–H and O–H groups in total. The van der Waals surface area contributed by atoms with Gasteiger partial charge in [0.15, 0.2) is 0 Å². The molecule has 1 amide bonds. The van der Waals surface area contributed by atoms with Crippen molar-refractivity contribution in [3.63, 3.8) is 0 Å². The normalized spacial score (nSPS) is 18.5. The minimum atomic E-state index is -0.575. The Morgan fingerprint density at radius 2 is 2.06 bits per heavy atom. The van der Waals surface area contributed by atoms with E-state index in [1.54, 1.807) is 0 Å². The topological polar surface area (TPSA) is 55.1 Å². The molecule has 0 aromatic heterocycles. The SMILES string of the molecule is CC(Cc1ccc(Br)cc1)NC(=O)C1(N)CC1. The first-order valence-electron chi connectivity index (χ1n) is 5.84. The Morgan fingerprint density at radius 3 is 2.59 bits per heavy atom. The highest BCUT2D eigenvalue weighted by Crippen LogP contribution is 2.32. The zero-order valence-electron chi connectivity index (χ0n) is 9.87. The molecule has 0 heterocycles. The van der Waals surface area contributed by atoms with Gasteiger partial charge in [0, 0.05) is 10.5 Å². The van der Waals surface area contributed by atoms with Crippen LogP contribution in [-0.4, -0.2) is 17.5 Å². The first-order valence-corrected chi connectivity index (χ1v) is 6.63. The molecule has 1 fully saturated rings. The number of halogens is 1. The predicted octanol–water partition coefficient (Wildman–Crippen LogP) is 1.99. The lowest BCUT2D eigenvalue weighted by Crippen LogP contribution is -2.46. The van der Waals surface area contributed by atoms with Crippen LogP contribution in [0.4, 0.5) is 0 Å². The fourth-order valence-corrected chi connectivity index (χ4v) is 2.02. The number of amides is 1.